The smallest absolute Gasteiger partial charge is 0.224 e. The monoisotopic (exact) mass is 373 g/mol. The molecule has 0 radical (unpaired) electrons. The molecule has 0 spiro atoms. The summed E-state index contributed by atoms with van der Waals surface area (Å²) in [5.74, 6) is 0.746. The molecular weight excluding hydrogens is 350 g/mol. The second kappa shape index (κ2) is 9.27. The fraction of sp³-hybridized carbons (Fsp3) is 0.250. The molecule has 138 valence electrons. The molecule has 3 rings (SSSR count). The number of nitrogens with two attached hydrogens (primary N) is 1. The van der Waals surface area contributed by atoms with Crippen molar-refractivity contribution in [3.8, 4) is 5.75 Å². The van der Waals surface area contributed by atoms with Gasteiger partial charge >= 0.3 is 0 Å². The Morgan fingerprint density at radius 2 is 1.96 bits per heavy atom. The van der Waals surface area contributed by atoms with Crippen molar-refractivity contribution in [3.63, 3.8) is 0 Å². The molecule has 0 aliphatic heterocycles. The van der Waals surface area contributed by atoms with Crippen molar-refractivity contribution in [1.82, 2.24) is 4.98 Å². The largest absolute Gasteiger partial charge is 0.492 e. The van der Waals surface area contributed by atoms with Crippen LogP contribution >= 0.6 is 12.4 Å². The molecule has 3 aromatic rings. The van der Waals surface area contributed by atoms with E-state index >= 15 is 0 Å². The van der Waals surface area contributed by atoms with Crippen LogP contribution in [0.2, 0.25) is 0 Å². The predicted molar refractivity (Wildman–Crippen MR) is 108 cm³/mol. The van der Waals surface area contributed by atoms with Gasteiger partial charge in [0.25, 0.3) is 0 Å². The second-order valence-corrected chi connectivity index (χ2v) is 6.02. The van der Waals surface area contributed by atoms with Gasteiger partial charge in [0.05, 0.1) is 0 Å². The Hall–Kier alpha value is -2.50. The van der Waals surface area contributed by atoms with E-state index in [0.29, 0.717) is 26.0 Å². The van der Waals surface area contributed by atoms with Gasteiger partial charge in [-0.15, -0.1) is 12.4 Å². The van der Waals surface area contributed by atoms with E-state index in [4.69, 9.17) is 10.5 Å². The topological polar surface area (TPSA) is 80.1 Å². The molecule has 2 aromatic carbocycles. The first kappa shape index (κ1) is 19.8. The maximum Gasteiger partial charge on any atom is 0.224 e. The van der Waals surface area contributed by atoms with Crippen LogP contribution in [0.4, 0.5) is 5.69 Å². The Balaban J connectivity index is 0.00000243. The van der Waals surface area contributed by atoms with E-state index in [2.05, 4.69) is 29.4 Å². The molecule has 4 N–H and O–H groups in total. The molecule has 0 atom stereocenters. The number of nitrogens with one attached hydrogen (secondary N) is 2. The van der Waals surface area contributed by atoms with Crippen LogP contribution in [-0.2, 0) is 11.2 Å². The number of aromatic amines is 1. The van der Waals surface area contributed by atoms with E-state index in [1.807, 2.05) is 36.5 Å². The number of benzene rings is 2. The lowest BCUT2D eigenvalue weighted by atomic mass is 10.1. The molecule has 0 aliphatic rings. The summed E-state index contributed by atoms with van der Waals surface area (Å²) in [6.07, 6.45) is 3.13. The highest BCUT2D eigenvalue weighted by Gasteiger charge is 2.08. The van der Waals surface area contributed by atoms with E-state index in [1.165, 1.54) is 16.5 Å². The van der Waals surface area contributed by atoms with Gasteiger partial charge in [0.2, 0.25) is 5.91 Å². The van der Waals surface area contributed by atoms with Crippen LogP contribution in [0.15, 0.2) is 48.7 Å². The zero-order valence-electron chi connectivity index (χ0n) is 14.7. The van der Waals surface area contributed by atoms with Gasteiger partial charge in [0.15, 0.2) is 0 Å². The second-order valence-electron chi connectivity index (χ2n) is 6.02. The SMILES string of the molecule is Cc1cccc2c(CCC(=O)Nc3ccc(OCCN)cc3)c[nH]c12.Cl. The Bertz CT molecular complexity index is 859. The number of hydrogen-bond donors (Lipinski definition) is 3. The summed E-state index contributed by atoms with van der Waals surface area (Å²) in [7, 11) is 0. The van der Waals surface area contributed by atoms with Gasteiger partial charge in [-0.05, 0) is 48.7 Å². The van der Waals surface area contributed by atoms with E-state index in [0.717, 1.165) is 17.0 Å². The first-order valence-electron chi connectivity index (χ1n) is 8.46. The number of fused-ring (bicyclic) bond motifs is 1. The Labute approximate surface area is 159 Å². The maximum absolute atomic E-state index is 12.2. The average molecular weight is 374 g/mol. The molecule has 0 saturated heterocycles. The minimum absolute atomic E-state index is 0. The lowest BCUT2D eigenvalue weighted by Crippen LogP contribution is -2.12. The van der Waals surface area contributed by atoms with Crippen LogP contribution in [0, 0.1) is 6.92 Å². The summed E-state index contributed by atoms with van der Waals surface area (Å²) >= 11 is 0. The molecule has 0 fully saturated rings. The van der Waals surface area contributed by atoms with Gasteiger partial charge in [-0.2, -0.15) is 0 Å². The first-order valence-corrected chi connectivity index (χ1v) is 8.46. The standard InChI is InChI=1S/C20H23N3O2.ClH/c1-14-3-2-4-18-15(13-22-20(14)18)5-10-19(24)23-16-6-8-17(9-7-16)25-12-11-21;/h2-4,6-9,13,22H,5,10-12,21H2,1H3,(H,23,24);1H. The van der Waals surface area contributed by atoms with Crippen molar-refractivity contribution in [2.75, 3.05) is 18.5 Å². The summed E-state index contributed by atoms with van der Waals surface area (Å²) in [5, 5.41) is 4.11. The van der Waals surface area contributed by atoms with Gasteiger partial charge in [0, 0.05) is 35.8 Å². The molecule has 5 nitrogen and oxygen atoms in total. The van der Waals surface area contributed by atoms with E-state index < -0.39 is 0 Å². The number of ether oxygens (including phenoxy) is 1. The van der Waals surface area contributed by atoms with Gasteiger partial charge in [0.1, 0.15) is 12.4 Å². The quantitative estimate of drug-likeness (QED) is 0.589. The fourth-order valence-corrected chi connectivity index (χ4v) is 2.85. The van der Waals surface area contributed by atoms with Crippen LogP contribution in [0.1, 0.15) is 17.5 Å². The highest BCUT2D eigenvalue weighted by Crippen LogP contribution is 2.22. The van der Waals surface area contributed by atoms with Crippen molar-refractivity contribution in [2.45, 2.75) is 19.8 Å². The molecule has 1 aromatic heterocycles. The van der Waals surface area contributed by atoms with Crippen LogP contribution in [-0.4, -0.2) is 24.0 Å². The van der Waals surface area contributed by atoms with Crippen molar-refractivity contribution >= 4 is 34.9 Å². The van der Waals surface area contributed by atoms with Crippen LogP contribution in [0.25, 0.3) is 10.9 Å². The molecule has 6 heteroatoms. The molecule has 26 heavy (non-hydrogen) atoms. The molecule has 0 bridgehead atoms. The van der Waals surface area contributed by atoms with Crippen molar-refractivity contribution in [3.05, 3.63) is 59.8 Å². The summed E-state index contributed by atoms with van der Waals surface area (Å²) < 4.78 is 5.42. The van der Waals surface area contributed by atoms with E-state index in [9.17, 15) is 4.79 Å². The van der Waals surface area contributed by atoms with Gasteiger partial charge in [-0.1, -0.05) is 18.2 Å². The number of halogens is 1. The van der Waals surface area contributed by atoms with E-state index in [-0.39, 0.29) is 18.3 Å². The summed E-state index contributed by atoms with van der Waals surface area (Å²) in [4.78, 5) is 15.5. The lowest BCUT2D eigenvalue weighted by molar-refractivity contribution is -0.116. The fourth-order valence-electron chi connectivity index (χ4n) is 2.85. The highest BCUT2D eigenvalue weighted by molar-refractivity contribution is 5.92. The summed E-state index contributed by atoms with van der Waals surface area (Å²) in [6.45, 7) is 3.04. The lowest BCUT2D eigenvalue weighted by Gasteiger charge is -2.07. The number of hydrogen-bond acceptors (Lipinski definition) is 3. The number of H-pyrrole nitrogens is 1. The molecule has 1 amide bonds. The average Bonchev–Trinajstić information content (AvgIpc) is 3.04. The minimum atomic E-state index is -0.00219. The number of anilines is 1. The normalized spacial score (nSPS) is 10.4. The van der Waals surface area contributed by atoms with Crippen LogP contribution in [0.5, 0.6) is 5.75 Å². The number of amides is 1. The molecule has 0 unspecified atom stereocenters. The van der Waals surface area contributed by atoms with Crippen LogP contribution in [0.3, 0.4) is 0 Å². The Morgan fingerprint density at radius 3 is 2.69 bits per heavy atom. The third kappa shape index (κ3) is 4.77. The van der Waals surface area contributed by atoms with E-state index in [1.54, 1.807) is 0 Å². The number of aryl methyl sites for hydroxylation is 2. The zero-order valence-corrected chi connectivity index (χ0v) is 15.6. The molecule has 1 heterocycles. The molecule has 0 aliphatic carbocycles. The molecular formula is C20H24ClN3O2. The predicted octanol–water partition coefficient (Wildman–Crippen LogP) is 3.81. The number of para-hydroxylation sites is 1. The maximum atomic E-state index is 12.2. The van der Waals surface area contributed by atoms with Gasteiger partial charge in [-0.3, -0.25) is 4.79 Å². The van der Waals surface area contributed by atoms with Gasteiger partial charge in [-0.25, -0.2) is 0 Å². The highest BCUT2D eigenvalue weighted by atomic mass is 35.5. The number of aromatic nitrogens is 1. The third-order valence-corrected chi connectivity index (χ3v) is 4.16. The Kier molecular flexibility index (Phi) is 7.06. The van der Waals surface area contributed by atoms with Gasteiger partial charge < -0.3 is 20.8 Å². The van der Waals surface area contributed by atoms with Crippen LogP contribution < -0.4 is 15.8 Å². The zero-order chi connectivity index (χ0) is 17.6. The Morgan fingerprint density at radius 1 is 1.19 bits per heavy atom. The minimum Gasteiger partial charge on any atom is -0.492 e. The number of rotatable bonds is 7. The summed E-state index contributed by atoms with van der Waals surface area (Å²) in [5.41, 5.74) is 9.69. The first-order chi connectivity index (χ1) is 12.2. The number of carbonyl (C=O) groups is 1. The van der Waals surface area contributed by atoms with Crippen molar-refractivity contribution < 1.29 is 9.53 Å². The van der Waals surface area contributed by atoms with Crippen molar-refractivity contribution in [1.29, 1.82) is 0 Å². The number of carbonyl (C=O) groups excluding carboxylic acids is 1. The third-order valence-electron chi connectivity index (χ3n) is 4.16. The van der Waals surface area contributed by atoms with Crippen molar-refractivity contribution in [2.24, 2.45) is 5.73 Å². The summed E-state index contributed by atoms with van der Waals surface area (Å²) in [6, 6.07) is 13.5. The molecule has 0 saturated carbocycles.